The maximum absolute atomic E-state index is 12.0. The van der Waals surface area contributed by atoms with Crippen molar-refractivity contribution < 1.29 is 39.3 Å². The number of hydrogen-bond donors (Lipinski definition) is 7. The van der Waals surface area contributed by atoms with Crippen LogP contribution in [0.4, 0.5) is 0 Å². The lowest BCUT2D eigenvalue weighted by Crippen LogP contribution is -2.57. The average molecular weight is 348 g/mol. The van der Waals surface area contributed by atoms with Crippen molar-refractivity contribution in [2.24, 2.45) is 5.73 Å². The van der Waals surface area contributed by atoms with E-state index in [-0.39, 0.29) is 0 Å². The summed E-state index contributed by atoms with van der Waals surface area (Å²) >= 11 is 0. The van der Waals surface area contributed by atoms with Crippen molar-refractivity contribution in [3.8, 4) is 0 Å². The van der Waals surface area contributed by atoms with Crippen LogP contribution in [-0.4, -0.2) is 76.3 Å². The number of aliphatic hydroxyl groups is 1. The second-order valence-corrected chi connectivity index (χ2v) is 4.80. The number of nitrogens with two attached hydrogens (primary N) is 1. The quantitative estimate of drug-likeness (QED) is 0.205. The smallest absolute Gasteiger partial charge is 0.322 e. The molecule has 3 amide bonds. The molecule has 0 spiro atoms. The third-order valence-corrected chi connectivity index (χ3v) is 2.65. The standard InChI is InChI=1S/C12H20N4O8/c1-5(13)10(22)15-6(2-8(18)19)12(24)16-7(4-17)11(23)14-3-9(20)21/h5-7,17H,2-4,13H2,1H3,(H,14,23)(H,15,22)(H,16,24)(H,18,19)(H,20,21). The highest BCUT2D eigenvalue weighted by Gasteiger charge is 2.28. The second-order valence-electron chi connectivity index (χ2n) is 4.80. The van der Waals surface area contributed by atoms with E-state index in [2.05, 4.69) is 5.32 Å². The predicted octanol–water partition coefficient (Wildman–Crippen LogP) is -4.03. The molecule has 0 aliphatic carbocycles. The van der Waals surface area contributed by atoms with Crippen molar-refractivity contribution in [3.63, 3.8) is 0 Å². The van der Waals surface area contributed by atoms with E-state index in [4.69, 9.17) is 21.1 Å². The number of amides is 3. The third-order valence-electron chi connectivity index (χ3n) is 2.65. The molecule has 0 bridgehead atoms. The molecule has 136 valence electrons. The van der Waals surface area contributed by atoms with Gasteiger partial charge in [-0.1, -0.05) is 0 Å². The largest absolute Gasteiger partial charge is 0.481 e. The zero-order chi connectivity index (χ0) is 18.9. The Balaban J connectivity index is 4.92. The summed E-state index contributed by atoms with van der Waals surface area (Å²) in [6, 6.07) is -4.04. The van der Waals surface area contributed by atoms with Gasteiger partial charge in [-0.2, -0.15) is 0 Å². The molecule has 0 fully saturated rings. The Morgan fingerprint density at radius 1 is 0.917 bits per heavy atom. The number of nitrogens with one attached hydrogen (secondary N) is 3. The Morgan fingerprint density at radius 3 is 1.88 bits per heavy atom. The van der Waals surface area contributed by atoms with Gasteiger partial charge in [0, 0.05) is 0 Å². The number of rotatable bonds is 10. The molecule has 0 aromatic rings. The first-order chi connectivity index (χ1) is 11.1. The fourth-order valence-electron chi connectivity index (χ4n) is 1.44. The molecule has 0 aromatic carbocycles. The van der Waals surface area contributed by atoms with Gasteiger partial charge in [0.25, 0.3) is 0 Å². The molecule has 0 rings (SSSR count). The maximum Gasteiger partial charge on any atom is 0.322 e. The van der Waals surface area contributed by atoms with Crippen LogP contribution in [0.1, 0.15) is 13.3 Å². The van der Waals surface area contributed by atoms with Crippen molar-refractivity contribution in [2.45, 2.75) is 31.5 Å². The minimum Gasteiger partial charge on any atom is -0.481 e. The fraction of sp³-hybridized carbons (Fsp3) is 0.583. The van der Waals surface area contributed by atoms with Crippen LogP contribution in [0.25, 0.3) is 0 Å². The summed E-state index contributed by atoms with van der Waals surface area (Å²) in [4.78, 5) is 56.3. The predicted molar refractivity (Wildman–Crippen MR) is 77.5 cm³/mol. The SMILES string of the molecule is CC(N)C(=O)NC(CC(=O)O)C(=O)NC(CO)C(=O)NCC(=O)O. The lowest BCUT2D eigenvalue weighted by Gasteiger charge is -2.21. The van der Waals surface area contributed by atoms with Gasteiger partial charge in [0.2, 0.25) is 17.7 Å². The van der Waals surface area contributed by atoms with Crippen LogP contribution in [-0.2, 0) is 24.0 Å². The number of carbonyl (C=O) groups excluding carboxylic acids is 3. The molecule has 12 nitrogen and oxygen atoms in total. The topological polar surface area (TPSA) is 208 Å². The van der Waals surface area contributed by atoms with Crippen LogP contribution in [0.3, 0.4) is 0 Å². The Kier molecular flexibility index (Phi) is 8.97. The van der Waals surface area contributed by atoms with Gasteiger partial charge in [-0.15, -0.1) is 0 Å². The number of aliphatic hydroxyl groups excluding tert-OH is 1. The average Bonchev–Trinajstić information content (AvgIpc) is 2.48. The highest BCUT2D eigenvalue weighted by Crippen LogP contribution is 1.96. The van der Waals surface area contributed by atoms with Gasteiger partial charge in [-0.3, -0.25) is 24.0 Å². The van der Waals surface area contributed by atoms with E-state index in [1.807, 2.05) is 10.6 Å². The number of carbonyl (C=O) groups is 5. The summed E-state index contributed by atoms with van der Waals surface area (Å²) in [5.74, 6) is -5.54. The first-order valence-electron chi connectivity index (χ1n) is 6.77. The molecule has 24 heavy (non-hydrogen) atoms. The highest BCUT2D eigenvalue weighted by atomic mass is 16.4. The zero-order valence-electron chi connectivity index (χ0n) is 12.8. The third kappa shape index (κ3) is 8.05. The Bertz CT molecular complexity index is 507. The zero-order valence-corrected chi connectivity index (χ0v) is 12.8. The molecular weight excluding hydrogens is 328 g/mol. The molecule has 3 unspecified atom stereocenters. The van der Waals surface area contributed by atoms with Gasteiger partial charge in [-0.05, 0) is 6.92 Å². The lowest BCUT2D eigenvalue weighted by molar-refractivity contribution is -0.141. The summed E-state index contributed by atoms with van der Waals surface area (Å²) in [6.45, 7) is -0.273. The first kappa shape index (κ1) is 21.3. The van der Waals surface area contributed by atoms with E-state index in [9.17, 15) is 24.0 Å². The Hall–Kier alpha value is -2.73. The van der Waals surface area contributed by atoms with E-state index >= 15 is 0 Å². The van der Waals surface area contributed by atoms with Gasteiger partial charge in [-0.25, -0.2) is 0 Å². The van der Waals surface area contributed by atoms with Crippen molar-refractivity contribution in [1.29, 1.82) is 0 Å². The molecule has 3 atom stereocenters. The summed E-state index contributed by atoms with van der Waals surface area (Å²) < 4.78 is 0. The van der Waals surface area contributed by atoms with Gasteiger partial charge in [0.05, 0.1) is 19.1 Å². The van der Waals surface area contributed by atoms with Gasteiger partial charge >= 0.3 is 11.9 Å². The Morgan fingerprint density at radius 2 is 1.46 bits per heavy atom. The maximum atomic E-state index is 12.0. The molecule has 8 N–H and O–H groups in total. The van der Waals surface area contributed by atoms with Crippen molar-refractivity contribution >= 4 is 29.7 Å². The lowest BCUT2D eigenvalue weighted by atomic mass is 10.1. The van der Waals surface area contributed by atoms with Crippen LogP contribution in [0, 0.1) is 0 Å². The summed E-state index contributed by atoms with van der Waals surface area (Å²) in [5.41, 5.74) is 5.31. The number of hydrogen-bond acceptors (Lipinski definition) is 7. The number of aliphatic carboxylic acids is 2. The number of carboxylic acids is 2. The molecule has 0 aliphatic rings. The summed E-state index contributed by atoms with van der Waals surface area (Å²) in [7, 11) is 0. The van der Waals surface area contributed by atoms with Crippen LogP contribution in [0.2, 0.25) is 0 Å². The molecule has 0 heterocycles. The van der Waals surface area contributed by atoms with Gasteiger partial charge in [0.1, 0.15) is 18.6 Å². The second kappa shape index (κ2) is 10.1. The Labute approximate surface area is 136 Å². The molecule has 0 aromatic heterocycles. The normalized spacial score (nSPS) is 14.0. The minimum atomic E-state index is -1.53. The van der Waals surface area contributed by atoms with Gasteiger partial charge in [0.15, 0.2) is 0 Å². The van der Waals surface area contributed by atoms with Crippen LogP contribution in [0.15, 0.2) is 0 Å². The molecule has 0 saturated carbocycles. The van der Waals surface area contributed by atoms with E-state index < -0.39 is 67.4 Å². The van der Waals surface area contributed by atoms with Crippen LogP contribution in [0.5, 0.6) is 0 Å². The van der Waals surface area contributed by atoms with Crippen LogP contribution >= 0.6 is 0 Å². The van der Waals surface area contributed by atoms with Crippen molar-refractivity contribution in [3.05, 3.63) is 0 Å². The molecule has 0 radical (unpaired) electrons. The van der Waals surface area contributed by atoms with E-state index in [1.165, 1.54) is 6.92 Å². The number of carboxylic acid groups (broad SMARTS) is 2. The van der Waals surface area contributed by atoms with Crippen molar-refractivity contribution in [2.75, 3.05) is 13.2 Å². The van der Waals surface area contributed by atoms with Crippen LogP contribution < -0.4 is 21.7 Å². The highest BCUT2D eigenvalue weighted by molar-refractivity contribution is 5.95. The summed E-state index contributed by atoms with van der Waals surface area (Å²) in [5, 5.41) is 32.4. The molecule has 0 aliphatic heterocycles. The monoisotopic (exact) mass is 348 g/mol. The first-order valence-corrected chi connectivity index (χ1v) is 6.77. The van der Waals surface area contributed by atoms with Gasteiger partial charge < -0.3 is 37.0 Å². The van der Waals surface area contributed by atoms with E-state index in [0.717, 1.165) is 0 Å². The fourth-order valence-corrected chi connectivity index (χ4v) is 1.44. The van der Waals surface area contributed by atoms with E-state index in [1.54, 1.807) is 0 Å². The summed E-state index contributed by atoms with van der Waals surface area (Å²) in [6.07, 6.45) is -0.779. The molecular formula is C12H20N4O8. The van der Waals surface area contributed by atoms with E-state index in [0.29, 0.717) is 0 Å². The molecule has 0 saturated heterocycles. The van der Waals surface area contributed by atoms with Crippen molar-refractivity contribution in [1.82, 2.24) is 16.0 Å². The molecule has 12 heteroatoms. The minimum absolute atomic E-state index is 0.731.